The lowest BCUT2D eigenvalue weighted by Crippen LogP contribution is -2.07. The lowest BCUT2D eigenvalue weighted by molar-refractivity contribution is 0.713. The van der Waals surface area contributed by atoms with Gasteiger partial charge >= 0.3 is 0 Å². The molecule has 72 valence electrons. The highest BCUT2D eigenvalue weighted by molar-refractivity contribution is 7.99. The number of nitrogens with zero attached hydrogens (tertiary/aromatic N) is 3. The van der Waals surface area contributed by atoms with Gasteiger partial charge in [0.2, 0.25) is 0 Å². The molecule has 0 radical (unpaired) electrons. The van der Waals surface area contributed by atoms with E-state index in [4.69, 9.17) is 5.26 Å². The summed E-state index contributed by atoms with van der Waals surface area (Å²) in [7, 11) is 0. The molecule has 0 amide bonds. The van der Waals surface area contributed by atoms with E-state index < -0.39 is 0 Å². The van der Waals surface area contributed by atoms with Gasteiger partial charge in [0.25, 0.3) is 0 Å². The molecule has 0 aliphatic heterocycles. The maximum atomic E-state index is 8.92. The van der Waals surface area contributed by atoms with Crippen LogP contribution in [0.25, 0.3) is 0 Å². The van der Waals surface area contributed by atoms with Gasteiger partial charge in [-0.05, 0) is 18.9 Å². The van der Waals surface area contributed by atoms with Crippen LogP contribution in [0, 0.1) is 17.2 Å². The number of hydrogen-bond acceptors (Lipinski definition) is 4. The fourth-order valence-electron chi connectivity index (χ4n) is 1.72. The molecule has 0 bridgehead atoms. The summed E-state index contributed by atoms with van der Waals surface area (Å²) in [6.45, 7) is 0. The Balaban J connectivity index is 2.01. The van der Waals surface area contributed by atoms with Gasteiger partial charge in [-0.3, -0.25) is 0 Å². The predicted octanol–water partition coefficient (Wildman–Crippen LogP) is 2.26. The minimum Gasteiger partial charge on any atom is -0.245 e. The molecule has 1 aliphatic carbocycles. The van der Waals surface area contributed by atoms with E-state index in [1.165, 1.54) is 6.42 Å². The van der Waals surface area contributed by atoms with Gasteiger partial charge in [0.15, 0.2) is 0 Å². The molecule has 0 aromatic carbocycles. The maximum absolute atomic E-state index is 8.92. The van der Waals surface area contributed by atoms with Crippen molar-refractivity contribution in [1.82, 2.24) is 9.97 Å². The minimum atomic E-state index is 0.204. The van der Waals surface area contributed by atoms with E-state index in [0.717, 1.165) is 17.9 Å². The molecule has 2 atom stereocenters. The molecule has 14 heavy (non-hydrogen) atoms. The number of rotatable bonds is 2. The first kappa shape index (κ1) is 9.47. The molecule has 1 heterocycles. The van der Waals surface area contributed by atoms with Gasteiger partial charge < -0.3 is 0 Å². The molecule has 0 spiro atoms. The van der Waals surface area contributed by atoms with Gasteiger partial charge in [0, 0.05) is 11.4 Å². The van der Waals surface area contributed by atoms with Crippen LogP contribution in [0.1, 0.15) is 19.3 Å². The van der Waals surface area contributed by atoms with E-state index in [0.29, 0.717) is 5.25 Å². The van der Waals surface area contributed by atoms with E-state index in [9.17, 15) is 0 Å². The molecule has 0 saturated heterocycles. The molecular formula is C10H11N3S. The second kappa shape index (κ2) is 4.43. The highest BCUT2D eigenvalue weighted by Crippen LogP contribution is 2.37. The van der Waals surface area contributed by atoms with Crippen LogP contribution in [0.4, 0.5) is 0 Å². The summed E-state index contributed by atoms with van der Waals surface area (Å²) in [5.41, 5.74) is 0. The summed E-state index contributed by atoms with van der Waals surface area (Å²) in [4.78, 5) is 8.02. The SMILES string of the molecule is N#CC1CCCC1Sc1ccncn1. The van der Waals surface area contributed by atoms with Crippen LogP contribution >= 0.6 is 11.8 Å². The van der Waals surface area contributed by atoms with Crippen LogP contribution in [0.2, 0.25) is 0 Å². The average Bonchev–Trinajstić information content (AvgIpc) is 2.67. The molecule has 3 nitrogen and oxygen atoms in total. The van der Waals surface area contributed by atoms with Gasteiger partial charge in [-0.2, -0.15) is 5.26 Å². The molecule has 1 fully saturated rings. The zero-order valence-electron chi connectivity index (χ0n) is 7.76. The van der Waals surface area contributed by atoms with Crippen molar-refractivity contribution in [2.75, 3.05) is 0 Å². The third-order valence-corrected chi connectivity index (χ3v) is 3.80. The zero-order valence-corrected chi connectivity index (χ0v) is 8.57. The summed E-state index contributed by atoms with van der Waals surface area (Å²) in [5, 5.41) is 10.3. The Morgan fingerprint density at radius 3 is 3.14 bits per heavy atom. The second-order valence-corrected chi connectivity index (χ2v) is 4.63. The number of nitriles is 1. The van der Waals surface area contributed by atoms with Gasteiger partial charge in [0.05, 0.1) is 17.0 Å². The van der Waals surface area contributed by atoms with Crippen molar-refractivity contribution in [1.29, 1.82) is 5.26 Å². The fraction of sp³-hybridized carbons (Fsp3) is 0.500. The first-order valence-corrected chi connectivity index (χ1v) is 5.60. The molecule has 2 unspecified atom stereocenters. The standard InChI is InChI=1S/C10H11N3S/c11-6-8-2-1-3-9(8)14-10-4-5-12-7-13-10/h4-5,7-9H,1-3H2. The lowest BCUT2D eigenvalue weighted by atomic mass is 10.1. The summed E-state index contributed by atoms with van der Waals surface area (Å²) < 4.78 is 0. The third-order valence-electron chi connectivity index (χ3n) is 2.45. The van der Waals surface area contributed by atoms with Crippen molar-refractivity contribution in [3.05, 3.63) is 18.6 Å². The average molecular weight is 205 g/mol. The zero-order chi connectivity index (χ0) is 9.80. The second-order valence-electron chi connectivity index (χ2n) is 3.37. The summed E-state index contributed by atoms with van der Waals surface area (Å²) in [5.74, 6) is 0.204. The highest BCUT2D eigenvalue weighted by Gasteiger charge is 2.28. The quantitative estimate of drug-likeness (QED) is 0.695. The number of aromatic nitrogens is 2. The minimum absolute atomic E-state index is 0.204. The number of hydrogen-bond donors (Lipinski definition) is 0. The van der Waals surface area contributed by atoms with Crippen LogP contribution in [-0.4, -0.2) is 15.2 Å². The van der Waals surface area contributed by atoms with Gasteiger partial charge in [-0.25, -0.2) is 9.97 Å². The van der Waals surface area contributed by atoms with Crippen molar-refractivity contribution in [3.8, 4) is 6.07 Å². The van der Waals surface area contributed by atoms with E-state index >= 15 is 0 Å². The van der Waals surface area contributed by atoms with Gasteiger partial charge in [-0.15, -0.1) is 11.8 Å². The molecule has 1 aliphatic rings. The van der Waals surface area contributed by atoms with Crippen molar-refractivity contribution in [3.63, 3.8) is 0 Å². The first-order valence-electron chi connectivity index (χ1n) is 4.72. The Kier molecular flexibility index (Phi) is 3.00. The molecule has 0 N–H and O–H groups in total. The Morgan fingerprint density at radius 1 is 1.50 bits per heavy atom. The molecule has 1 aromatic heterocycles. The Bertz CT molecular complexity index is 333. The monoisotopic (exact) mass is 205 g/mol. The molecule has 1 aromatic rings. The number of thioether (sulfide) groups is 1. The molecule has 1 saturated carbocycles. The van der Waals surface area contributed by atoms with E-state index in [1.807, 2.05) is 6.07 Å². The van der Waals surface area contributed by atoms with Crippen molar-refractivity contribution >= 4 is 11.8 Å². The lowest BCUT2D eigenvalue weighted by Gasteiger charge is -2.11. The van der Waals surface area contributed by atoms with E-state index in [2.05, 4.69) is 16.0 Å². The largest absolute Gasteiger partial charge is 0.245 e. The highest BCUT2D eigenvalue weighted by atomic mass is 32.2. The topological polar surface area (TPSA) is 49.6 Å². The first-order chi connectivity index (χ1) is 6.90. The predicted molar refractivity (Wildman–Crippen MR) is 54.6 cm³/mol. The van der Waals surface area contributed by atoms with Gasteiger partial charge in [-0.1, -0.05) is 6.42 Å². The van der Waals surface area contributed by atoms with Crippen LogP contribution in [0.3, 0.4) is 0 Å². The van der Waals surface area contributed by atoms with Crippen LogP contribution in [0.15, 0.2) is 23.6 Å². The molecular weight excluding hydrogens is 194 g/mol. The summed E-state index contributed by atoms with van der Waals surface area (Å²) in [6, 6.07) is 4.27. The summed E-state index contributed by atoms with van der Waals surface area (Å²) in [6.07, 6.45) is 6.64. The summed E-state index contributed by atoms with van der Waals surface area (Å²) >= 11 is 1.71. The van der Waals surface area contributed by atoms with Crippen molar-refractivity contribution < 1.29 is 0 Å². The van der Waals surface area contributed by atoms with Gasteiger partial charge in [0.1, 0.15) is 6.33 Å². The Hall–Kier alpha value is -1.08. The maximum Gasteiger partial charge on any atom is 0.116 e. The molecule has 2 rings (SSSR count). The van der Waals surface area contributed by atoms with Crippen molar-refractivity contribution in [2.45, 2.75) is 29.5 Å². The third kappa shape index (κ3) is 2.05. The molecule has 4 heteroatoms. The van der Waals surface area contributed by atoms with Crippen LogP contribution in [-0.2, 0) is 0 Å². The smallest absolute Gasteiger partial charge is 0.116 e. The van der Waals surface area contributed by atoms with Crippen LogP contribution in [0.5, 0.6) is 0 Å². The normalized spacial score (nSPS) is 25.9. The Morgan fingerprint density at radius 2 is 2.43 bits per heavy atom. The van der Waals surface area contributed by atoms with E-state index in [-0.39, 0.29) is 5.92 Å². The van der Waals surface area contributed by atoms with Crippen molar-refractivity contribution in [2.24, 2.45) is 5.92 Å². The fourth-order valence-corrected chi connectivity index (χ4v) is 2.92. The van der Waals surface area contributed by atoms with E-state index in [1.54, 1.807) is 24.3 Å². The Labute approximate surface area is 87.6 Å². The van der Waals surface area contributed by atoms with Crippen LogP contribution < -0.4 is 0 Å².